The van der Waals surface area contributed by atoms with Gasteiger partial charge in [0.15, 0.2) is 0 Å². The summed E-state index contributed by atoms with van der Waals surface area (Å²) < 4.78 is 27.0. The van der Waals surface area contributed by atoms with Gasteiger partial charge in [-0.25, -0.2) is 8.78 Å². The molecule has 0 spiro atoms. The molecule has 0 amide bonds. The molecule has 2 rings (SSSR count). The Labute approximate surface area is 93.2 Å². The van der Waals surface area contributed by atoms with Gasteiger partial charge in [-0.3, -0.25) is 0 Å². The normalized spacial score (nSPS) is 25.1. The molecule has 82 valence electrons. The zero-order valence-corrected chi connectivity index (χ0v) is 9.54. The van der Waals surface area contributed by atoms with Crippen molar-refractivity contribution in [1.82, 2.24) is 0 Å². The largest absolute Gasteiger partial charge is 0.207 e. The highest BCUT2D eigenvalue weighted by Gasteiger charge is 2.29. The molecule has 0 radical (unpaired) electrons. The third kappa shape index (κ3) is 1.65. The van der Waals surface area contributed by atoms with Crippen LogP contribution in [0.4, 0.5) is 8.78 Å². The SMILES string of the molecule is Cc1c(F)cc(F)c2c1C(Cl)CCC2C. The fourth-order valence-electron chi connectivity index (χ4n) is 2.35. The van der Waals surface area contributed by atoms with Gasteiger partial charge in [0.1, 0.15) is 11.6 Å². The van der Waals surface area contributed by atoms with Crippen LogP contribution in [0.15, 0.2) is 6.07 Å². The summed E-state index contributed by atoms with van der Waals surface area (Å²) in [5, 5.41) is -0.249. The lowest BCUT2D eigenvalue weighted by molar-refractivity contribution is 0.504. The molecule has 0 bridgehead atoms. The molecule has 0 N–H and O–H groups in total. The number of fused-ring (bicyclic) bond motifs is 1. The van der Waals surface area contributed by atoms with Crippen LogP contribution in [0.5, 0.6) is 0 Å². The summed E-state index contributed by atoms with van der Waals surface area (Å²) in [6.45, 7) is 3.63. The zero-order chi connectivity index (χ0) is 11.2. The predicted molar refractivity (Wildman–Crippen MR) is 57.3 cm³/mol. The summed E-state index contributed by atoms with van der Waals surface area (Å²) in [5.74, 6) is -0.814. The van der Waals surface area contributed by atoms with E-state index in [2.05, 4.69) is 0 Å². The molecule has 3 heteroatoms. The summed E-state index contributed by atoms with van der Waals surface area (Å²) >= 11 is 6.13. The van der Waals surface area contributed by atoms with Gasteiger partial charge in [-0.1, -0.05) is 6.92 Å². The molecule has 1 aliphatic carbocycles. The zero-order valence-electron chi connectivity index (χ0n) is 8.78. The van der Waals surface area contributed by atoms with Crippen LogP contribution in [0.1, 0.15) is 47.8 Å². The van der Waals surface area contributed by atoms with Crippen molar-refractivity contribution in [3.05, 3.63) is 34.4 Å². The first-order chi connectivity index (χ1) is 7.02. The fourth-order valence-corrected chi connectivity index (χ4v) is 2.75. The van der Waals surface area contributed by atoms with E-state index in [0.717, 1.165) is 18.9 Å². The Morgan fingerprint density at radius 1 is 1.20 bits per heavy atom. The van der Waals surface area contributed by atoms with Gasteiger partial charge in [-0.2, -0.15) is 0 Å². The van der Waals surface area contributed by atoms with Crippen molar-refractivity contribution < 1.29 is 8.78 Å². The molecule has 0 saturated carbocycles. The maximum Gasteiger partial charge on any atom is 0.129 e. The molecular weight excluding hydrogens is 218 g/mol. The van der Waals surface area contributed by atoms with E-state index in [1.54, 1.807) is 6.92 Å². The van der Waals surface area contributed by atoms with Gasteiger partial charge in [-0.15, -0.1) is 11.6 Å². The molecular formula is C12H13ClF2. The summed E-state index contributed by atoms with van der Waals surface area (Å²) in [4.78, 5) is 0. The van der Waals surface area contributed by atoms with Crippen molar-refractivity contribution in [3.8, 4) is 0 Å². The number of halogens is 3. The Morgan fingerprint density at radius 2 is 1.87 bits per heavy atom. The third-order valence-corrected chi connectivity index (χ3v) is 3.66. The first-order valence-corrected chi connectivity index (χ1v) is 5.58. The molecule has 2 atom stereocenters. The molecule has 2 unspecified atom stereocenters. The summed E-state index contributed by atoms with van der Waals surface area (Å²) in [6, 6.07) is 0.972. The molecule has 0 nitrogen and oxygen atoms in total. The van der Waals surface area contributed by atoms with Crippen LogP contribution in [0.2, 0.25) is 0 Å². The number of benzene rings is 1. The van der Waals surface area contributed by atoms with Gasteiger partial charge in [0.2, 0.25) is 0 Å². The summed E-state index contributed by atoms with van der Waals surface area (Å²) in [6.07, 6.45) is 1.66. The Hall–Kier alpha value is -0.630. The van der Waals surface area contributed by atoms with Crippen LogP contribution >= 0.6 is 11.6 Å². The highest BCUT2D eigenvalue weighted by molar-refractivity contribution is 6.21. The molecule has 0 heterocycles. The molecule has 0 saturated heterocycles. The van der Waals surface area contributed by atoms with Gasteiger partial charge in [0, 0.05) is 6.07 Å². The Kier molecular flexibility index (Phi) is 2.72. The first kappa shape index (κ1) is 10.9. The van der Waals surface area contributed by atoms with Gasteiger partial charge >= 0.3 is 0 Å². The molecule has 1 aliphatic rings. The lowest BCUT2D eigenvalue weighted by atomic mass is 9.81. The average molecular weight is 231 g/mol. The number of hydrogen-bond acceptors (Lipinski definition) is 0. The fraction of sp³-hybridized carbons (Fsp3) is 0.500. The van der Waals surface area contributed by atoms with E-state index in [9.17, 15) is 8.78 Å². The minimum Gasteiger partial charge on any atom is -0.207 e. The van der Waals surface area contributed by atoms with Gasteiger partial charge in [-0.05, 0) is 42.4 Å². The van der Waals surface area contributed by atoms with Crippen LogP contribution in [-0.4, -0.2) is 0 Å². The second kappa shape index (κ2) is 3.75. The smallest absolute Gasteiger partial charge is 0.129 e. The number of rotatable bonds is 0. The molecule has 0 aromatic heterocycles. The highest BCUT2D eigenvalue weighted by atomic mass is 35.5. The summed E-state index contributed by atoms with van der Waals surface area (Å²) in [5.41, 5.74) is 1.78. The number of hydrogen-bond donors (Lipinski definition) is 0. The van der Waals surface area contributed by atoms with Crippen LogP contribution < -0.4 is 0 Å². The first-order valence-electron chi connectivity index (χ1n) is 5.14. The Morgan fingerprint density at radius 3 is 2.53 bits per heavy atom. The van der Waals surface area contributed by atoms with Crippen molar-refractivity contribution >= 4 is 11.6 Å². The Bertz CT molecular complexity index is 401. The van der Waals surface area contributed by atoms with Crippen LogP contribution in [-0.2, 0) is 0 Å². The van der Waals surface area contributed by atoms with Gasteiger partial charge in [0.25, 0.3) is 0 Å². The highest BCUT2D eigenvalue weighted by Crippen LogP contribution is 2.43. The van der Waals surface area contributed by atoms with Gasteiger partial charge < -0.3 is 0 Å². The van der Waals surface area contributed by atoms with Crippen molar-refractivity contribution in [2.75, 3.05) is 0 Å². The van der Waals surface area contributed by atoms with E-state index in [4.69, 9.17) is 11.6 Å². The Balaban J connectivity index is 2.71. The minimum atomic E-state index is -0.494. The van der Waals surface area contributed by atoms with Crippen LogP contribution in [0.25, 0.3) is 0 Å². The van der Waals surface area contributed by atoms with E-state index in [0.29, 0.717) is 16.7 Å². The van der Waals surface area contributed by atoms with Crippen molar-refractivity contribution in [2.45, 2.75) is 38.0 Å². The standard InChI is InChI=1S/C12H13ClF2/c1-6-3-4-8(13)12-7(2)9(14)5-10(15)11(6)12/h5-6,8H,3-4H2,1-2H3. The molecule has 1 aromatic rings. The predicted octanol–water partition coefficient (Wildman–Crippen LogP) is 4.45. The third-order valence-electron chi connectivity index (χ3n) is 3.22. The van der Waals surface area contributed by atoms with Crippen molar-refractivity contribution in [3.63, 3.8) is 0 Å². The van der Waals surface area contributed by atoms with Crippen molar-refractivity contribution in [1.29, 1.82) is 0 Å². The second-order valence-electron chi connectivity index (χ2n) is 4.24. The topological polar surface area (TPSA) is 0 Å². The lowest BCUT2D eigenvalue weighted by Crippen LogP contribution is -2.14. The molecule has 1 aromatic carbocycles. The minimum absolute atomic E-state index is 0.134. The van der Waals surface area contributed by atoms with E-state index in [1.807, 2.05) is 6.92 Å². The van der Waals surface area contributed by atoms with Crippen LogP contribution in [0.3, 0.4) is 0 Å². The summed E-state index contributed by atoms with van der Waals surface area (Å²) in [7, 11) is 0. The quantitative estimate of drug-likeness (QED) is 0.578. The van der Waals surface area contributed by atoms with Crippen molar-refractivity contribution in [2.24, 2.45) is 0 Å². The monoisotopic (exact) mass is 230 g/mol. The van der Waals surface area contributed by atoms with Crippen LogP contribution in [0, 0.1) is 18.6 Å². The van der Waals surface area contributed by atoms with E-state index >= 15 is 0 Å². The van der Waals surface area contributed by atoms with E-state index in [-0.39, 0.29) is 11.3 Å². The molecule has 0 fully saturated rings. The van der Waals surface area contributed by atoms with Gasteiger partial charge in [0.05, 0.1) is 5.38 Å². The average Bonchev–Trinajstić information content (AvgIpc) is 2.18. The molecule has 15 heavy (non-hydrogen) atoms. The van der Waals surface area contributed by atoms with E-state index in [1.165, 1.54) is 0 Å². The maximum atomic E-state index is 13.6. The number of alkyl halides is 1. The van der Waals surface area contributed by atoms with E-state index < -0.39 is 11.6 Å². The lowest BCUT2D eigenvalue weighted by Gasteiger charge is -2.28. The molecule has 0 aliphatic heterocycles. The second-order valence-corrected chi connectivity index (χ2v) is 4.77. The maximum absolute atomic E-state index is 13.6.